The highest BCUT2D eigenvalue weighted by molar-refractivity contribution is 7.13. The minimum atomic E-state index is -0.729. The molecular weight excluding hydrogens is 889 g/mol. The molecule has 4 aromatic rings. The standard InChI is InChI=1S/C47H55ClFN9O7S/c48-35-6-3-8-38(42(35)49)65-32-12-17-47(18-13-32,28-31-4-1-9-39(52-31)55-46-51-21-27-66-46)45(63)53-30-14-22-57(23-15-30)24-19-50-20-26-64-25-16-41(60)54-36-7-2-5-33-34(36)29-58(44(33)62)37-10-11-40(59)56-43(37)61/h1-9,21,27,30,32,37,50H,10-20,22-26,28-29H2,(H,53,63)(H,54,60)(H,51,52,55)(H,56,59,61). The molecule has 2 aromatic heterocycles. The van der Waals surface area contributed by atoms with Gasteiger partial charge in [0.15, 0.2) is 16.7 Å². The van der Waals surface area contributed by atoms with E-state index in [-0.39, 0.29) is 79.0 Å². The summed E-state index contributed by atoms with van der Waals surface area (Å²) in [5, 5.41) is 17.9. The zero-order chi connectivity index (χ0) is 46.0. The Hall–Kier alpha value is -5.53. The van der Waals surface area contributed by atoms with Crippen molar-refractivity contribution < 1.29 is 37.8 Å². The van der Waals surface area contributed by atoms with Gasteiger partial charge in [-0.1, -0.05) is 29.8 Å². The van der Waals surface area contributed by atoms with Gasteiger partial charge in [0.2, 0.25) is 23.6 Å². The fourth-order valence-corrected chi connectivity index (χ4v) is 9.92. The lowest BCUT2D eigenvalue weighted by atomic mass is 9.69. The summed E-state index contributed by atoms with van der Waals surface area (Å²) in [5.74, 6) is -1.14. The number of imide groups is 1. The number of anilines is 3. The number of hydrogen-bond acceptors (Lipinski definition) is 13. The van der Waals surface area contributed by atoms with Crippen LogP contribution in [-0.2, 0) is 36.9 Å². The van der Waals surface area contributed by atoms with E-state index in [0.29, 0.717) is 67.9 Å². The Morgan fingerprint density at radius 2 is 1.77 bits per heavy atom. The second kappa shape index (κ2) is 21.8. The van der Waals surface area contributed by atoms with Crippen LogP contribution in [0.2, 0.25) is 5.02 Å². The number of likely N-dealkylation sites (tertiary alicyclic amines) is 1. The van der Waals surface area contributed by atoms with Gasteiger partial charge in [0.05, 0.1) is 36.2 Å². The van der Waals surface area contributed by atoms with Crippen molar-refractivity contribution in [2.24, 2.45) is 5.41 Å². The molecule has 1 saturated carbocycles. The van der Waals surface area contributed by atoms with Crippen LogP contribution in [0.4, 0.5) is 21.0 Å². The average molecular weight is 945 g/mol. The summed E-state index contributed by atoms with van der Waals surface area (Å²) < 4.78 is 26.5. The van der Waals surface area contributed by atoms with Gasteiger partial charge in [-0.25, -0.2) is 14.4 Å². The third-order valence-electron chi connectivity index (χ3n) is 12.9. The summed E-state index contributed by atoms with van der Waals surface area (Å²) in [5.41, 5.74) is 1.70. The van der Waals surface area contributed by atoms with Crippen molar-refractivity contribution in [3.63, 3.8) is 0 Å². The molecule has 3 fully saturated rings. The number of carbonyl (C=O) groups is 5. The van der Waals surface area contributed by atoms with Crippen LogP contribution in [-0.4, -0.2) is 113 Å². The average Bonchev–Trinajstić information content (AvgIpc) is 3.95. The third-order valence-corrected chi connectivity index (χ3v) is 13.8. The normalized spacial score (nSPS) is 21.3. The number of nitrogens with one attached hydrogen (secondary N) is 5. The van der Waals surface area contributed by atoms with Crippen molar-refractivity contribution in [3.05, 3.63) is 93.8 Å². The number of amides is 5. The van der Waals surface area contributed by atoms with Crippen LogP contribution in [0.25, 0.3) is 0 Å². The van der Waals surface area contributed by atoms with Gasteiger partial charge < -0.3 is 40.5 Å². The first kappa shape index (κ1) is 47.0. The molecule has 2 aromatic carbocycles. The predicted molar refractivity (Wildman–Crippen MR) is 247 cm³/mol. The Labute approximate surface area is 391 Å². The molecule has 2 saturated heterocycles. The molecule has 1 atom stereocenters. The van der Waals surface area contributed by atoms with Crippen LogP contribution in [0.1, 0.15) is 79.4 Å². The Morgan fingerprint density at radius 3 is 2.56 bits per heavy atom. The second-order valence-corrected chi connectivity index (χ2v) is 18.6. The smallest absolute Gasteiger partial charge is 0.255 e. The van der Waals surface area contributed by atoms with Gasteiger partial charge in [-0.3, -0.25) is 29.3 Å². The van der Waals surface area contributed by atoms with Crippen LogP contribution in [0.15, 0.2) is 66.2 Å². The summed E-state index contributed by atoms with van der Waals surface area (Å²) in [4.78, 5) is 77.3. The van der Waals surface area contributed by atoms with E-state index in [2.05, 4.69) is 36.5 Å². The quantitative estimate of drug-likeness (QED) is 0.0578. The monoisotopic (exact) mass is 943 g/mol. The van der Waals surface area contributed by atoms with Crippen molar-refractivity contribution in [1.82, 2.24) is 35.7 Å². The van der Waals surface area contributed by atoms with E-state index in [1.165, 1.54) is 22.3 Å². The van der Waals surface area contributed by atoms with Gasteiger partial charge in [-0.2, -0.15) is 0 Å². The number of aromatic nitrogens is 2. The lowest BCUT2D eigenvalue weighted by molar-refractivity contribution is -0.137. The van der Waals surface area contributed by atoms with Gasteiger partial charge in [-0.15, -0.1) is 11.3 Å². The van der Waals surface area contributed by atoms with Crippen molar-refractivity contribution in [3.8, 4) is 5.75 Å². The molecule has 16 nitrogen and oxygen atoms in total. The van der Waals surface area contributed by atoms with Crippen LogP contribution in [0.5, 0.6) is 5.75 Å². The first-order valence-electron chi connectivity index (χ1n) is 22.6. The van der Waals surface area contributed by atoms with E-state index >= 15 is 0 Å². The Kier molecular flexibility index (Phi) is 15.6. The number of thiazole rings is 1. The van der Waals surface area contributed by atoms with E-state index in [1.807, 2.05) is 23.6 Å². The van der Waals surface area contributed by atoms with Gasteiger partial charge in [0, 0.05) is 92.2 Å². The highest BCUT2D eigenvalue weighted by Gasteiger charge is 2.44. The first-order chi connectivity index (χ1) is 32.0. The highest BCUT2D eigenvalue weighted by atomic mass is 35.5. The molecule has 4 aliphatic rings. The fourth-order valence-electron chi connectivity index (χ4n) is 9.22. The van der Waals surface area contributed by atoms with Crippen LogP contribution in [0, 0.1) is 11.2 Å². The number of hydrogen-bond donors (Lipinski definition) is 5. The molecule has 3 aliphatic heterocycles. The predicted octanol–water partition coefficient (Wildman–Crippen LogP) is 5.60. The highest BCUT2D eigenvalue weighted by Crippen LogP contribution is 2.42. The number of rotatable bonds is 19. The lowest BCUT2D eigenvalue weighted by Gasteiger charge is -2.41. The summed E-state index contributed by atoms with van der Waals surface area (Å²) >= 11 is 7.50. The number of ether oxygens (including phenoxy) is 2. The number of carbonyl (C=O) groups excluding carboxylic acids is 5. The van der Waals surface area contributed by atoms with Gasteiger partial charge in [0.1, 0.15) is 11.9 Å². The van der Waals surface area contributed by atoms with Crippen LogP contribution >= 0.6 is 22.9 Å². The number of pyridine rings is 1. The molecular formula is C47H55ClFN9O7S. The molecule has 19 heteroatoms. The number of benzene rings is 2. The molecule has 5 heterocycles. The molecule has 5 N–H and O–H groups in total. The van der Waals surface area contributed by atoms with Crippen LogP contribution < -0.4 is 31.3 Å². The molecule has 5 amide bonds. The van der Waals surface area contributed by atoms with Crippen molar-refractivity contribution in [2.45, 2.75) is 88.9 Å². The number of piperidine rings is 2. The van der Waals surface area contributed by atoms with Crippen LogP contribution in [0.3, 0.4) is 0 Å². The lowest BCUT2D eigenvalue weighted by Crippen LogP contribution is -2.52. The minimum absolute atomic E-state index is 0.0119. The fraction of sp³-hybridized carbons (Fsp3) is 0.468. The molecule has 0 spiro atoms. The van der Waals surface area contributed by atoms with Gasteiger partial charge in [-0.05, 0) is 81.3 Å². The zero-order valence-corrected chi connectivity index (χ0v) is 38.2. The summed E-state index contributed by atoms with van der Waals surface area (Å²) in [6.45, 7) is 4.79. The number of fused-ring (bicyclic) bond motifs is 1. The topological polar surface area (TPSA) is 196 Å². The minimum Gasteiger partial charge on any atom is -0.487 e. The van der Waals surface area contributed by atoms with Crippen molar-refractivity contribution in [1.29, 1.82) is 0 Å². The van der Waals surface area contributed by atoms with Gasteiger partial charge >= 0.3 is 0 Å². The zero-order valence-electron chi connectivity index (χ0n) is 36.6. The summed E-state index contributed by atoms with van der Waals surface area (Å²) in [7, 11) is 0. The largest absolute Gasteiger partial charge is 0.487 e. The van der Waals surface area contributed by atoms with Crippen molar-refractivity contribution >= 4 is 69.1 Å². The Morgan fingerprint density at radius 1 is 0.970 bits per heavy atom. The van der Waals surface area contributed by atoms with Crippen molar-refractivity contribution in [2.75, 3.05) is 56.6 Å². The molecule has 0 bridgehead atoms. The number of nitrogens with zero attached hydrogens (tertiary/aromatic N) is 4. The van der Waals surface area contributed by atoms with E-state index in [4.69, 9.17) is 26.1 Å². The van der Waals surface area contributed by atoms with E-state index < -0.39 is 23.2 Å². The maximum absolute atomic E-state index is 14.7. The Bertz CT molecular complexity index is 2380. The van der Waals surface area contributed by atoms with E-state index in [0.717, 1.165) is 49.8 Å². The first-order valence-corrected chi connectivity index (χ1v) is 23.9. The number of halogens is 2. The SMILES string of the molecule is O=C1CCC(N2Cc3c(NC(=O)CCOCCNCCN4CCC(NC(=O)C5(Cc6cccc(Nc7nccs7)n6)CCC(Oc6cccc(Cl)c6F)CC5)CC4)cccc3C2=O)C(=O)N1. The summed E-state index contributed by atoms with van der Waals surface area (Å²) in [6.07, 6.45) is 6.46. The van der Waals surface area contributed by atoms with Gasteiger partial charge in [0.25, 0.3) is 5.91 Å². The maximum atomic E-state index is 14.7. The Balaban J connectivity index is 0.740. The second-order valence-electron chi connectivity index (χ2n) is 17.3. The molecule has 0 radical (unpaired) electrons. The molecule has 350 valence electrons. The molecule has 1 aliphatic carbocycles. The van der Waals surface area contributed by atoms with E-state index in [9.17, 15) is 28.4 Å². The molecule has 8 rings (SSSR count). The molecule has 66 heavy (non-hydrogen) atoms. The maximum Gasteiger partial charge on any atom is 0.255 e. The summed E-state index contributed by atoms with van der Waals surface area (Å²) in [6, 6.07) is 14.9. The molecule has 1 unspecified atom stereocenters. The van der Waals surface area contributed by atoms with E-state index in [1.54, 1.807) is 36.5 Å². The third kappa shape index (κ3) is 11.7.